The molecule has 1 aromatic heterocycles. The van der Waals surface area contributed by atoms with Gasteiger partial charge < -0.3 is 15.6 Å². The summed E-state index contributed by atoms with van der Waals surface area (Å²) >= 11 is 1.34. The predicted octanol–water partition coefficient (Wildman–Crippen LogP) is 2.96. The summed E-state index contributed by atoms with van der Waals surface area (Å²) in [6, 6.07) is 12.8. The number of thioether (sulfide) groups is 1. The molecule has 3 rings (SSSR count). The number of carbonyl (C=O) groups is 2. The highest BCUT2D eigenvalue weighted by Gasteiger charge is 2.09. The molecular formula is C18H18N4O2S. The van der Waals surface area contributed by atoms with E-state index >= 15 is 0 Å². The van der Waals surface area contributed by atoms with Crippen molar-refractivity contribution in [3.63, 3.8) is 0 Å². The van der Waals surface area contributed by atoms with E-state index in [4.69, 9.17) is 0 Å². The summed E-state index contributed by atoms with van der Waals surface area (Å²) in [4.78, 5) is 31.4. The van der Waals surface area contributed by atoms with Gasteiger partial charge >= 0.3 is 0 Å². The molecule has 0 aliphatic rings. The Morgan fingerprint density at radius 1 is 1.20 bits per heavy atom. The minimum Gasteiger partial charge on any atom is -0.355 e. The summed E-state index contributed by atoms with van der Waals surface area (Å²) in [7, 11) is 1.57. The van der Waals surface area contributed by atoms with E-state index in [-0.39, 0.29) is 17.6 Å². The van der Waals surface area contributed by atoms with Crippen LogP contribution in [-0.2, 0) is 4.79 Å². The van der Waals surface area contributed by atoms with E-state index in [2.05, 4.69) is 20.6 Å². The highest BCUT2D eigenvalue weighted by molar-refractivity contribution is 7.99. The molecule has 25 heavy (non-hydrogen) atoms. The summed E-state index contributed by atoms with van der Waals surface area (Å²) in [5, 5.41) is 6.05. The fourth-order valence-corrected chi connectivity index (χ4v) is 3.07. The average Bonchev–Trinajstić information content (AvgIpc) is 3.01. The maximum atomic E-state index is 12.1. The number of nitrogens with zero attached hydrogens (tertiary/aromatic N) is 1. The van der Waals surface area contributed by atoms with Gasteiger partial charge in [0.2, 0.25) is 5.91 Å². The minimum atomic E-state index is -0.192. The van der Waals surface area contributed by atoms with Crippen molar-refractivity contribution in [2.24, 2.45) is 0 Å². The Morgan fingerprint density at radius 3 is 2.84 bits per heavy atom. The largest absolute Gasteiger partial charge is 0.355 e. The minimum absolute atomic E-state index is 0.157. The van der Waals surface area contributed by atoms with Gasteiger partial charge in [-0.1, -0.05) is 23.9 Å². The molecule has 128 valence electrons. The number of amides is 2. The van der Waals surface area contributed by atoms with Crippen molar-refractivity contribution in [3.8, 4) is 0 Å². The van der Waals surface area contributed by atoms with E-state index in [0.717, 1.165) is 16.6 Å². The number of imidazole rings is 1. The zero-order valence-corrected chi connectivity index (χ0v) is 14.7. The van der Waals surface area contributed by atoms with Gasteiger partial charge in [-0.2, -0.15) is 0 Å². The lowest BCUT2D eigenvalue weighted by Crippen LogP contribution is -2.19. The van der Waals surface area contributed by atoms with Crippen molar-refractivity contribution >= 4 is 40.3 Å². The second-order valence-corrected chi connectivity index (χ2v) is 6.52. The Balaban J connectivity index is 1.61. The molecule has 3 aromatic rings. The Labute approximate surface area is 149 Å². The van der Waals surface area contributed by atoms with Gasteiger partial charge in [-0.05, 0) is 42.8 Å². The van der Waals surface area contributed by atoms with E-state index in [1.54, 1.807) is 31.3 Å². The second-order valence-electron chi connectivity index (χ2n) is 5.56. The van der Waals surface area contributed by atoms with Crippen LogP contribution in [0.5, 0.6) is 0 Å². The number of hydrogen-bond acceptors (Lipinski definition) is 4. The lowest BCUT2D eigenvalue weighted by atomic mass is 10.2. The number of aromatic amines is 1. The number of benzene rings is 2. The Morgan fingerprint density at radius 2 is 2.04 bits per heavy atom. The number of hydrogen-bond donors (Lipinski definition) is 3. The van der Waals surface area contributed by atoms with Gasteiger partial charge in [-0.3, -0.25) is 9.59 Å². The summed E-state index contributed by atoms with van der Waals surface area (Å²) in [6.45, 7) is 2.02. The number of aryl methyl sites for hydroxylation is 1. The molecule has 0 bridgehead atoms. The second kappa shape index (κ2) is 7.40. The van der Waals surface area contributed by atoms with Gasteiger partial charge in [0.05, 0.1) is 16.8 Å². The van der Waals surface area contributed by atoms with Crippen LogP contribution in [0.4, 0.5) is 5.69 Å². The molecule has 6 nitrogen and oxygen atoms in total. The third kappa shape index (κ3) is 4.19. The first-order valence-corrected chi connectivity index (χ1v) is 8.75. The molecule has 0 radical (unpaired) electrons. The summed E-state index contributed by atoms with van der Waals surface area (Å²) < 4.78 is 0. The monoisotopic (exact) mass is 354 g/mol. The van der Waals surface area contributed by atoms with Crippen LogP contribution in [0.3, 0.4) is 0 Å². The molecule has 0 aliphatic carbocycles. The average molecular weight is 354 g/mol. The summed E-state index contributed by atoms with van der Waals surface area (Å²) in [5.74, 6) is -0.123. The zero-order valence-electron chi connectivity index (χ0n) is 13.9. The van der Waals surface area contributed by atoms with Crippen LogP contribution >= 0.6 is 11.8 Å². The molecule has 7 heteroatoms. The molecule has 1 heterocycles. The predicted molar refractivity (Wildman–Crippen MR) is 100 cm³/mol. The normalized spacial score (nSPS) is 10.6. The van der Waals surface area contributed by atoms with E-state index in [1.165, 1.54) is 11.8 Å². The fraction of sp³-hybridized carbons (Fsp3) is 0.167. The molecule has 0 unspecified atom stereocenters. The van der Waals surface area contributed by atoms with E-state index in [1.807, 2.05) is 25.1 Å². The van der Waals surface area contributed by atoms with E-state index in [0.29, 0.717) is 16.4 Å². The number of carbonyl (C=O) groups excluding carboxylic acids is 2. The molecule has 2 amide bonds. The van der Waals surface area contributed by atoms with Gasteiger partial charge in [-0.15, -0.1) is 0 Å². The molecule has 0 spiro atoms. The van der Waals surface area contributed by atoms with Crippen molar-refractivity contribution < 1.29 is 9.59 Å². The molecule has 3 N–H and O–H groups in total. The maximum Gasteiger partial charge on any atom is 0.251 e. The highest BCUT2D eigenvalue weighted by Crippen LogP contribution is 2.20. The topological polar surface area (TPSA) is 86.9 Å². The van der Waals surface area contributed by atoms with Crippen LogP contribution in [-0.4, -0.2) is 34.6 Å². The lowest BCUT2D eigenvalue weighted by molar-refractivity contribution is -0.113. The van der Waals surface area contributed by atoms with Crippen molar-refractivity contribution in [3.05, 3.63) is 53.6 Å². The van der Waals surface area contributed by atoms with Gasteiger partial charge in [0, 0.05) is 18.3 Å². The number of rotatable bonds is 5. The number of H-pyrrole nitrogens is 1. The van der Waals surface area contributed by atoms with Crippen molar-refractivity contribution in [2.75, 3.05) is 18.1 Å². The van der Waals surface area contributed by atoms with Crippen molar-refractivity contribution in [1.82, 2.24) is 15.3 Å². The summed E-state index contributed by atoms with van der Waals surface area (Å²) in [5.41, 5.74) is 4.09. The van der Waals surface area contributed by atoms with E-state index < -0.39 is 0 Å². The van der Waals surface area contributed by atoms with Gasteiger partial charge in [-0.25, -0.2) is 4.98 Å². The number of anilines is 1. The number of aromatic nitrogens is 2. The zero-order chi connectivity index (χ0) is 17.8. The molecule has 0 atom stereocenters. The van der Waals surface area contributed by atoms with Crippen LogP contribution in [0.25, 0.3) is 11.0 Å². The number of fused-ring (bicyclic) bond motifs is 1. The smallest absolute Gasteiger partial charge is 0.251 e. The maximum absolute atomic E-state index is 12.1. The summed E-state index contributed by atoms with van der Waals surface area (Å²) in [6.07, 6.45) is 0. The third-order valence-corrected chi connectivity index (χ3v) is 4.46. The van der Waals surface area contributed by atoms with Gasteiger partial charge in [0.15, 0.2) is 5.16 Å². The Hall–Kier alpha value is -2.80. The standard InChI is InChI=1S/C18H18N4O2S/c1-11-6-7-14-15(8-11)22-18(21-14)25-10-16(23)20-13-5-3-4-12(9-13)17(24)19-2/h3-9H,10H2,1-2H3,(H,19,24)(H,20,23)(H,21,22). The quantitative estimate of drug-likeness (QED) is 0.615. The van der Waals surface area contributed by atoms with Gasteiger partial charge in [0.25, 0.3) is 5.91 Å². The Kier molecular flexibility index (Phi) is 5.04. The highest BCUT2D eigenvalue weighted by atomic mass is 32.2. The first kappa shape index (κ1) is 17.0. The first-order chi connectivity index (χ1) is 12.0. The fourth-order valence-electron chi connectivity index (χ4n) is 2.38. The lowest BCUT2D eigenvalue weighted by Gasteiger charge is -2.06. The van der Waals surface area contributed by atoms with Crippen LogP contribution in [0.1, 0.15) is 15.9 Å². The molecular weight excluding hydrogens is 336 g/mol. The van der Waals surface area contributed by atoms with Crippen LogP contribution in [0, 0.1) is 6.92 Å². The van der Waals surface area contributed by atoms with Crippen molar-refractivity contribution in [1.29, 1.82) is 0 Å². The first-order valence-electron chi connectivity index (χ1n) is 7.76. The van der Waals surface area contributed by atoms with E-state index in [9.17, 15) is 9.59 Å². The van der Waals surface area contributed by atoms with Crippen LogP contribution < -0.4 is 10.6 Å². The molecule has 0 saturated carbocycles. The van der Waals surface area contributed by atoms with Crippen LogP contribution in [0.15, 0.2) is 47.6 Å². The molecule has 0 aliphatic heterocycles. The molecule has 2 aromatic carbocycles. The van der Waals surface area contributed by atoms with Crippen LogP contribution in [0.2, 0.25) is 0 Å². The molecule has 0 saturated heterocycles. The van der Waals surface area contributed by atoms with Gasteiger partial charge in [0.1, 0.15) is 0 Å². The van der Waals surface area contributed by atoms with Crippen molar-refractivity contribution in [2.45, 2.75) is 12.1 Å². The molecule has 0 fully saturated rings. The SMILES string of the molecule is CNC(=O)c1cccc(NC(=O)CSc2nc3ccc(C)cc3[nH]2)c1. The Bertz CT molecular complexity index is 936. The number of nitrogens with one attached hydrogen (secondary N) is 3. The third-order valence-electron chi connectivity index (χ3n) is 3.59.